The third-order valence-corrected chi connectivity index (χ3v) is 3.43. The molecule has 0 radical (unpaired) electrons. The van der Waals surface area contributed by atoms with Crippen LogP contribution in [0.1, 0.15) is 10.4 Å². The highest BCUT2D eigenvalue weighted by Crippen LogP contribution is 2.27. The zero-order valence-corrected chi connectivity index (χ0v) is 11.9. The van der Waals surface area contributed by atoms with E-state index in [4.69, 9.17) is 11.5 Å². The van der Waals surface area contributed by atoms with E-state index < -0.39 is 5.91 Å². The van der Waals surface area contributed by atoms with Gasteiger partial charge < -0.3 is 16.8 Å². The Labute approximate surface area is 123 Å². The van der Waals surface area contributed by atoms with E-state index in [1.54, 1.807) is 18.2 Å². The second-order valence-corrected chi connectivity index (χ2v) is 5.08. The maximum Gasteiger partial charge on any atom is 0.248 e. The molecule has 0 spiro atoms. The number of anilines is 3. The fourth-order valence-corrected chi connectivity index (χ4v) is 2.18. The summed E-state index contributed by atoms with van der Waals surface area (Å²) in [6.07, 6.45) is 0. The maximum atomic E-state index is 13.0. The molecule has 19 heavy (non-hydrogen) atoms. The Bertz CT molecular complexity index is 646. The van der Waals surface area contributed by atoms with E-state index in [2.05, 4.69) is 5.32 Å². The number of halogens is 2. The van der Waals surface area contributed by atoms with E-state index in [1.165, 1.54) is 18.2 Å². The summed E-state index contributed by atoms with van der Waals surface area (Å²) in [7, 11) is 0. The van der Waals surface area contributed by atoms with E-state index >= 15 is 0 Å². The van der Waals surface area contributed by atoms with Crippen LogP contribution < -0.4 is 16.8 Å². The van der Waals surface area contributed by atoms with E-state index in [0.29, 0.717) is 16.9 Å². The lowest BCUT2D eigenvalue weighted by molar-refractivity contribution is 0.100. The van der Waals surface area contributed by atoms with Crippen LogP contribution in [0.4, 0.5) is 21.5 Å². The van der Waals surface area contributed by atoms with Gasteiger partial charge in [-0.3, -0.25) is 4.79 Å². The molecule has 1 amide bonds. The lowest BCUT2D eigenvalue weighted by atomic mass is 10.1. The Kier molecular flexibility index (Phi) is 3.89. The summed E-state index contributed by atoms with van der Waals surface area (Å²) in [6, 6.07) is 9.14. The van der Waals surface area contributed by atoms with Gasteiger partial charge in [0.2, 0.25) is 5.91 Å². The number of hydrogen-bond donors (Lipinski definition) is 3. The highest BCUT2D eigenvalue weighted by molar-refractivity contribution is 14.1. The Morgan fingerprint density at radius 2 is 1.84 bits per heavy atom. The van der Waals surface area contributed by atoms with Crippen LogP contribution >= 0.6 is 22.6 Å². The van der Waals surface area contributed by atoms with Crippen LogP contribution in [0.2, 0.25) is 0 Å². The van der Waals surface area contributed by atoms with Crippen LogP contribution in [0.3, 0.4) is 0 Å². The molecule has 2 aromatic rings. The molecule has 0 aliphatic heterocycles. The first-order valence-corrected chi connectivity index (χ1v) is 6.46. The quantitative estimate of drug-likeness (QED) is 0.573. The van der Waals surface area contributed by atoms with Crippen LogP contribution in [0.25, 0.3) is 0 Å². The molecule has 5 N–H and O–H groups in total. The summed E-state index contributed by atoms with van der Waals surface area (Å²) in [4.78, 5) is 11.0. The number of primary amides is 1. The standard InChI is InChI=1S/C13H11FIN3O/c14-8-2-4-11(9(15)6-8)18-12-3-1-7(13(17)19)5-10(12)16/h1-6,18H,16H2,(H2,17,19). The van der Waals surface area contributed by atoms with Crippen LogP contribution in [0, 0.1) is 9.39 Å². The number of carbonyl (C=O) groups excluding carboxylic acids is 1. The van der Waals surface area contributed by atoms with Gasteiger partial charge in [0.1, 0.15) is 5.82 Å². The normalized spacial score (nSPS) is 10.2. The van der Waals surface area contributed by atoms with Crippen molar-refractivity contribution in [2.45, 2.75) is 0 Å². The molecule has 0 heterocycles. The van der Waals surface area contributed by atoms with E-state index in [1.807, 2.05) is 22.6 Å². The van der Waals surface area contributed by atoms with Crippen molar-refractivity contribution in [2.75, 3.05) is 11.1 Å². The SMILES string of the molecule is NC(=O)c1ccc(Nc2ccc(F)cc2I)c(N)c1. The summed E-state index contributed by atoms with van der Waals surface area (Å²) < 4.78 is 13.7. The van der Waals surface area contributed by atoms with Gasteiger partial charge in [0.05, 0.1) is 17.1 Å². The van der Waals surface area contributed by atoms with Gasteiger partial charge in [-0.1, -0.05) is 0 Å². The molecule has 4 nitrogen and oxygen atoms in total. The van der Waals surface area contributed by atoms with Crippen molar-refractivity contribution < 1.29 is 9.18 Å². The first kappa shape index (κ1) is 13.6. The topological polar surface area (TPSA) is 81.1 Å². The second kappa shape index (κ2) is 5.43. The summed E-state index contributed by atoms with van der Waals surface area (Å²) >= 11 is 2.02. The Balaban J connectivity index is 2.31. The van der Waals surface area contributed by atoms with Crippen molar-refractivity contribution in [1.82, 2.24) is 0 Å². The minimum absolute atomic E-state index is 0.299. The fraction of sp³-hybridized carbons (Fsp3) is 0. The molecular formula is C13H11FIN3O. The van der Waals surface area contributed by atoms with Gasteiger partial charge in [-0.2, -0.15) is 0 Å². The molecule has 2 rings (SSSR count). The smallest absolute Gasteiger partial charge is 0.248 e. The number of rotatable bonds is 3. The zero-order chi connectivity index (χ0) is 14.0. The van der Waals surface area contributed by atoms with Crippen molar-refractivity contribution >= 4 is 45.6 Å². The number of amides is 1. The minimum atomic E-state index is -0.533. The number of hydrogen-bond acceptors (Lipinski definition) is 3. The minimum Gasteiger partial charge on any atom is -0.397 e. The molecule has 98 valence electrons. The molecule has 0 aliphatic rings. The van der Waals surface area contributed by atoms with Gasteiger partial charge in [-0.05, 0) is 59.0 Å². The average molecular weight is 371 g/mol. The largest absolute Gasteiger partial charge is 0.397 e. The molecule has 0 unspecified atom stereocenters. The van der Waals surface area contributed by atoms with Crippen molar-refractivity contribution in [3.05, 3.63) is 51.3 Å². The van der Waals surface area contributed by atoms with E-state index in [9.17, 15) is 9.18 Å². The molecule has 0 aromatic heterocycles. The molecule has 0 saturated carbocycles. The van der Waals surface area contributed by atoms with Gasteiger partial charge in [0, 0.05) is 9.13 Å². The highest BCUT2D eigenvalue weighted by Gasteiger charge is 2.07. The van der Waals surface area contributed by atoms with Crippen LogP contribution in [0.5, 0.6) is 0 Å². The Hall–Kier alpha value is -1.83. The number of nitrogens with one attached hydrogen (secondary N) is 1. The van der Waals surface area contributed by atoms with Crippen molar-refractivity contribution in [1.29, 1.82) is 0 Å². The first-order valence-electron chi connectivity index (χ1n) is 5.39. The maximum absolute atomic E-state index is 13.0. The molecule has 0 bridgehead atoms. The van der Waals surface area contributed by atoms with Crippen LogP contribution in [-0.2, 0) is 0 Å². The molecule has 0 atom stereocenters. The van der Waals surface area contributed by atoms with Crippen LogP contribution in [-0.4, -0.2) is 5.91 Å². The van der Waals surface area contributed by atoms with Crippen molar-refractivity contribution in [2.24, 2.45) is 5.73 Å². The molecule has 0 fully saturated rings. The van der Waals surface area contributed by atoms with Gasteiger partial charge in [0.15, 0.2) is 0 Å². The summed E-state index contributed by atoms with van der Waals surface area (Å²) in [5.74, 6) is -0.832. The fourth-order valence-electron chi connectivity index (χ4n) is 1.57. The molecular weight excluding hydrogens is 360 g/mol. The average Bonchev–Trinajstić information content (AvgIpc) is 2.34. The number of benzene rings is 2. The Morgan fingerprint density at radius 3 is 2.42 bits per heavy atom. The van der Waals surface area contributed by atoms with Crippen LogP contribution in [0.15, 0.2) is 36.4 Å². The lowest BCUT2D eigenvalue weighted by Gasteiger charge is -2.11. The first-order chi connectivity index (χ1) is 8.97. The predicted molar refractivity (Wildman–Crippen MR) is 81.8 cm³/mol. The van der Waals surface area contributed by atoms with Gasteiger partial charge in [0.25, 0.3) is 0 Å². The predicted octanol–water partition coefficient (Wildman–Crippen LogP) is 2.86. The molecule has 0 aliphatic carbocycles. The molecule has 2 aromatic carbocycles. The van der Waals surface area contributed by atoms with Crippen molar-refractivity contribution in [3.8, 4) is 0 Å². The summed E-state index contributed by atoms with van der Waals surface area (Å²) in [6.45, 7) is 0. The van der Waals surface area contributed by atoms with E-state index in [0.717, 1.165) is 9.26 Å². The van der Waals surface area contributed by atoms with E-state index in [-0.39, 0.29) is 5.82 Å². The van der Waals surface area contributed by atoms with Gasteiger partial charge in [-0.15, -0.1) is 0 Å². The second-order valence-electron chi connectivity index (χ2n) is 3.92. The Morgan fingerprint density at radius 1 is 1.16 bits per heavy atom. The third-order valence-electron chi connectivity index (χ3n) is 2.54. The summed E-state index contributed by atoms with van der Waals surface area (Å²) in [5.41, 5.74) is 13.1. The van der Waals surface area contributed by atoms with Gasteiger partial charge in [-0.25, -0.2) is 4.39 Å². The zero-order valence-electron chi connectivity index (χ0n) is 9.78. The van der Waals surface area contributed by atoms with Gasteiger partial charge >= 0.3 is 0 Å². The number of nitrogens with two attached hydrogens (primary N) is 2. The highest BCUT2D eigenvalue weighted by atomic mass is 127. The summed E-state index contributed by atoms with van der Waals surface area (Å²) in [5, 5.41) is 3.08. The lowest BCUT2D eigenvalue weighted by Crippen LogP contribution is -2.11. The molecule has 0 saturated heterocycles. The number of nitrogen functional groups attached to an aromatic ring is 1. The molecule has 6 heteroatoms. The number of carbonyl (C=O) groups is 1. The van der Waals surface area contributed by atoms with Crippen molar-refractivity contribution in [3.63, 3.8) is 0 Å². The monoisotopic (exact) mass is 371 g/mol. The third kappa shape index (κ3) is 3.14.